The molecule has 0 bridgehead atoms. The second-order valence-electron chi connectivity index (χ2n) is 7.60. The van der Waals surface area contributed by atoms with E-state index < -0.39 is 30.0 Å². The van der Waals surface area contributed by atoms with Gasteiger partial charge in [-0.1, -0.05) is 0 Å². The summed E-state index contributed by atoms with van der Waals surface area (Å²) in [5.74, 6) is -1.78. The van der Waals surface area contributed by atoms with E-state index in [1.807, 2.05) is 0 Å². The van der Waals surface area contributed by atoms with Crippen LogP contribution in [0.4, 0.5) is 0 Å². The summed E-state index contributed by atoms with van der Waals surface area (Å²) in [4.78, 5) is 52.5. The highest BCUT2D eigenvalue weighted by atomic mass is 16.4. The van der Waals surface area contributed by atoms with Gasteiger partial charge in [0, 0.05) is 13.1 Å². The third-order valence-electron chi connectivity index (χ3n) is 5.75. The summed E-state index contributed by atoms with van der Waals surface area (Å²) in [5.41, 5.74) is 0. The number of nitrogens with zero attached hydrogens (tertiary/aromatic N) is 2. The second kappa shape index (κ2) is 8.24. The monoisotopic (exact) mass is 380 g/mol. The normalized spacial score (nSPS) is 29.0. The van der Waals surface area contributed by atoms with Gasteiger partial charge in [0.15, 0.2) is 0 Å². The van der Waals surface area contributed by atoms with Gasteiger partial charge >= 0.3 is 5.97 Å². The molecule has 4 atom stereocenters. The standard InChI is InChI=1S/C18H28N4O5/c1-11(18(26)27)20-15(23)13-6-3-9-21(13)17(25)14-7-4-10-22(14)16(24)12-5-2-8-19-12/h11-14,19H,2-10H2,1H3,(H,20,23)(H,26,27). The first kappa shape index (κ1) is 19.6. The van der Waals surface area contributed by atoms with Crippen LogP contribution in [0, 0.1) is 0 Å². The second-order valence-corrected chi connectivity index (χ2v) is 7.60. The molecule has 0 aromatic rings. The zero-order valence-electron chi connectivity index (χ0n) is 15.6. The summed E-state index contributed by atoms with van der Waals surface area (Å²) in [6.45, 7) is 3.24. The van der Waals surface area contributed by atoms with Gasteiger partial charge in [0.1, 0.15) is 18.1 Å². The van der Waals surface area contributed by atoms with Gasteiger partial charge in [-0.15, -0.1) is 0 Å². The minimum absolute atomic E-state index is 0.0250. The Morgan fingerprint density at radius 1 is 0.963 bits per heavy atom. The van der Waals surface area contributed by atoms with Crippen LogP contribution in [0.3, 0.4) is 0 Å². The summed E-state index contributed by atoms with van der Waals surface area (Å²) >= 11 is 0. The fourth-order valence-electron chi connectivity index (χ4n) is 4.25. The van der Waals surface area contributed by atoms with E-state index in [9.17, 15) is 19.2 Å². The topological polar surface area (TPSA) is 119 Å². The van der Waals surface area contributed by atoms with Crippen LogP contribution in [0.5, 0.6) is 0 Å². The van der Waals surface area contributed by atoms with E-state index in [4.69, 9.17) is 5.11 Å². The molecular weight excluding hydrogens is 352 g/mol. The minimum Gasteiger partial charge on any atom is -0.480 e. The zero-order valence-corrected chi connectivity index (χ0v) is 15.6. The first-order chi connectivity index (χ1) is 12.9. The Labute approximate surface area is 158 Å². The molecule has 0 spiro atoms. The molecule has 3 fully saturated rings. The lowest BCUT2D eigenvalue weighted by atomic mass is 10.1. The Kier molecular flexibility index (Phi) is 5.98. The molecule has 0 aromatic heterocycles. The third-order valence-corrected chi connectivity index (χ3v) is 5.75. The highest BCUT2D eigenvalue weighted by Gasteiger charge is 2.43. The molecule has 3 heterocycles. The van der Waals surface area contributed by atoms with Crippen LogP contribution in [0.15, 0.2) is 0 Å². The van der Waals surface area contributed by atoms with Gasteiger partial charge in [0.05, 0.1) is 6.04 Å². The van der Waals surface area contributed by atoms with Gasteiger partial charge in [0.2, 0.25) is 17.7 Å². The number of carbonyl (C=O) groups excluding carboxylic acids is 3. The van der Waals surface area contributed by atoms with Crippen LogP contribution >= 0.6 is 0 Å². The van der Waals surface area contributed by atoms with Crippen molar-refractivity contribution < 1.29 is 24.3 Å². The Morgan fingerprint density at radius 2 is 1.59 bits per heavy atom. The van der Waals surface area contributed by atoms with E-state index in [0.717, 1.165) is 25.8 Å². The largest absolute Gasteiger partial charge is 0.480 e. The van der Waals surface area contributed by atoms with Crippen LogP contribution in [-0.4, -0.2) is 82.4 Å². The van der Waals surface area contributed by atoms with Gasteiger partial charge in [-0.3, -0.25) is 19.2 Å². The zero-order chi connectivity index (χ0) is 19.6. The van der Waals surface area contributed by atoms with E-state index in [0.29, 0.717) is 32.4 Å². The van der Waals surface area contributed by atoms with E-state index in [-0.39, 0.29) is 17.9 Å². The summed E-state index contributed by atoms with van der Waals surface area (Å²) in [7, 11) is 0. The van der Waals surface area contributed by atoms with E-state index in [1.165, 1.54) is 11.8 Å². The lowest BCUT2D eigenvalue weighted by Crippen LogP contribution is -2.56. The molecule has 3 rings (SSSR count). The number of carboxylic acids is 1. The highest BCUT2D eigenvalue weighted by molar-refractivity contribution is 5.94. The number of hydrogen-bond acceptors (Lipinski definition) is 5. The number of likely N-dealkylation sites (tertiary alicyclic amines) is 2. The van der Waals surface area contributed by atoms with Crippen LogP contribution in [0.2, 0.25) is 0 Å². The number of amides is 3. The molecular formula is C18H28N4O5. The Balaban J connectivity index is 1.66. The number of carbonyl (C=O) groups is 4. The lowest BCUT2D eigenvalue weighted by molar-refractivity contribution is -0.148. The maximum atomic E-state index is 13.1. The molecule has 9 nitrogen and oxygen atoms in total. The maximum Gasteiger partial charge on any atom is 0.325 e. The molecule has 3 saturated heterocycles. The number of hydrogen-bond donors (Lipinski definition) is 3. The minimum atomic E-state index is -1.11. The van der Waals surface area contributed by atoms with Crippen molar-refractivity contribution in [2.24, 2.45) is 0 Å². The summed E-state index contributed by atoms with van der Waals surface area (Å²) < 4.78 is 0. The third kappa shape index (κ3) is 4.07. The van der Waals surface area contributed by atoms with Gasteiger partial charge in [0.25, 0.3) is 0 Å². The van der Waals surface area contributed by atoms with Crippen LogP contribution in [0.25, 0.3) is 0 Å². The average molecular weight is 380 g/mol. The van der Waals surface area contributed by atoms with Gasteiger partial charge in [-0.25, -0.2) is 0 Å². The van der Waals surface area contributed by atoms with Crippen LogP contribution in [-0.2, 0) is 19.2 Å². The Bertz CT molecular complexity index is 619. The first-order valence-electron chi connectivity index (χ1n) is 9.77. The fourth-order valence-corrected chi connectivity index (χ4v) is 4.25. The molecule has 0 saturated carbocycles. The molecule has 0 radical (unpaired) electrons. The molecule has 9 heteroatoms. The molecule has 0 aromatic carbocycles. The predicted octanol–water partition coefficient (Wildman–Crippen LogP) is -0.690. The molecule has 3 amide bonds. The average Bonchev–Trinajstić information content (AvgIpc) is 3.41. The van der Waals surface area contributed by atoms with Crippen molar-refractivity contribution in [1.82, 2.24) is 20.4 Å². The Morgan fingerprint density at radius 3 is 2.19 bits per heavy atom. The first-order valence-corrected chi connectivity index (χ1v) is 9.77. The summed E-state index contributed by atoms with van der Waals surface area (Å²) in [6, 6.07) is -2.41. The molecule has 4 unspecified atom stereocenters. The van der Waals surface area contributed by atoms with Gasteiger partial charge < -0.3 is 25.5 Å². The number of nitrogens with one attached hydrogen (secondary N) is 2. The van der Waals surface area contributed by atoms with E-state index in [1.54, 1.807) is 4.90 Å². The van der Waals surface area contributed by atoms with Crippen molar-refractivity contribution >= 4 is 23.7 Å². The number of aliphatic carboxylic acids is 1. The molecule has 3 aliphatic heterocycles. The van der Waals surface area contributed by atoms with Crippen LogP contribution in [0.1, 0.15) is 45.4 Å². The molecule has 150 valence electrons. The van der Waals surface area contributed by atoms with Crippen molar-refractivity contribution in [3.63, 3.8) is 0 Å². The van der Waals surface area contributed by atoms with Crippen molar-refractivity contribution in [1.29, 1.82) is 0 Å². The molecule has 27 heavy (non-hydrogen) atoms. The molecule has 3 aliphatic rings. The molecule has 3 N–H and O–H groups in total. The fraction of sp³-hybridized carbons (Fsp3) is 0.778. The van der Waals surface area contributed by atoms with E-state index in [2.05, 4.69) is 10.6 Å². The molecule has 0 aliphatic carbocycles. The summed E-state index contributed by atoms with van der Waals surface area (Å²) in [5, 5.41) is 14.6. The highest BCUT2D eigenvalue weighted by Crippen LogP contribution is 2.26. The SMILES string of the molecule is CC(NC(=O)C1CCCN1C(=O)C1CCCN1C(=O)C1CCCN1)C(=O)O. The predicted molar refractivity (Wildman–Crippen MR) is 95.7 cm³/mol. The van der Waals surface area contributed by atoms with Crippen molar-refractivity contribution in [2.75, 3.05) is 19.6 Å². The van der Waals surface area contributed by atoms with Crippen LogP contribution < -0.4 is 10.6 Å². The van der Waals surface area contributed by atoms with E-state index >= 15 is 0 Å². The van der Waals surface area contributed by atoms with Crippen molar-refractivity contribution in [2.45, 2.75) is 69.6 Å². The maximum absolute atomic E-state index is 13.1. The van der Waals surface area contributed by atoms with Crippen molar-refractivity contribution in [3.8, 4) is 0 Å². The number of carboxylic acid groups (broad SMARTS) is 1. The van der Waals surface area contributed by atoms with Gasteiger partial charge in [-0.2, -0.15) is 0 Å². The quantitative estimate of drug-likeness (QED) is 0.581. The Hall–Kier alpha value is -2.16. The number of rotatable bonds is 5. The smallest absolute Gasteiger partial charge is 0.325 e. The van der Waals surface area contributed by atoms with Gasteiger partial charge in [-0.05, 0) is 52.0 Å². The lowest BCUT2D eigenvalue weighted by Gasteiger charge is -2.32. The van der Waals surface area contributed by atoms with Crippen molar-refractivity contribution in [3.05, 3.63) is 0 Å². The summed E-state index contributed by atoms with van der Waals surface area (Å²) in [6.07, 6.45) is 4.32.